The third-order valence-corrected chi connectivity index (χ3v) is 8.46. The lowest BCUT2D eigenvalue weighted by Gasteiger charge is -2.35. The van der Waals surface area contributed by atoms with Gasteiger partial charge in [0.1, 0.15) is 17.6 Å². The van der Waals surface area contributed by atoms with Gasteiger partial charge in [-0.3, -0.25) is 19.3 Å². The molecule has 8 nitrogen and oxygen atoms in total. The van der Waals surface area contributed by atoms with Gasteiger partial charge in [-0.25, -0.2) is 13.8 Å². The summed E-state index contributed by atoms with van der Waals surface area (Å²) in [6.07, 6.45) is 6.65. The van der Waals surface area contributed by atoms with Crippen LogP contribution in [0.2, 0.25) is 0 Å². The number of halogens is 3. The standard InChI is InChI=1S/C30H33F3N6O2/c1-16-11-22(17(2)34-14-16)21-7-8-24(36-27(21)31)37-29(41)26(25(19-3-4-19)20-5-6-20)38-28(40)23-9-10-35-39(23)15-18-12-30(32,33)13-18/h7-11,14,18-20,25-26H,3-6,12-13,15H2,1-2H3,(H,38,40)(H,36,37,41)/t26-/m0/s1. The van der Waals surface area contributed by atoms with Gasteiger partial charge in [0.05, 0.1) is 0 Å². The molecule has 0 unspecified atom stereocenters. The molecule has 3 aromatic heterocycles. The van der Waals surface area contributed by atoms with Crippen molar-refractivity contribution in [2.75, 3.05) is 5.32 Å². The Labute approximate surface area is 236 Å². The van der Waals surface area contributed by atoms with Crippen molar-refractivity contribution < 1.29 is 22.8 Å². The van der Waals surface area contributed by atoms with E-state index in [4.69, 9.17) is 0 Å². The van der Waals surface area contributed by atoms with E-state index in [1.807, 2.05) is 13.0 Å². The number of anilines is 1. The summed E-state index contributed by atoms with van der Waals surface area (Å²) in [5, 5.41) is 9.83. The van der Waals surface area contributed by atoms with Crippen LogP contribution in [0.3, 0.4) is 0 Å². The van der Waals surface area contributed by atoms with E-state index in [2.05, 4.69) is 25.7 Å². The highest BCUT2D eigenvalue weighted by Gasteiger charge is 2.49. The number of nitrogens with zero attached hydrogens (tertiary/aromatic N) is 4. The molecular formula is C30H33F3N6O2. The second-order valence-electron chi connectivity index (χ2n) is 11.9. The number of nitrogens with one attached hydrogen (secondary N) is 2. The summed E-state index contributed by atoms with van der Waals surface area (Å²) in [7, 11) is 0. The van der Waals surface area contributed by atoms with Crippen molar-refractivity contribution in [1.29, 1.82) is 0 Å². The molecule has 0 radical (unpaired) electrons. The molecule has 1 atom stereocenters. The Bertz CT molecular complexity index is 1460. The monoisotopic (exact) mass is 566 g/mol. The number of carbonyl (C=O) groups is 2. The second kappa shape index (κ2) is 10.6. The Balaban J connectivity index is 1.20. The molecule has 3 aliphatic rings. The summed E-state index contributed by atoms with van der Waals surface area (Å²) in [5.74, 6) is -3.95. The number of hydrogen-bond donors (Lipinski definition) is 2. The molecule has 2 amide bonds. The molecule has 216 valence electrons. The fourth-order valence-electron chi connectivity index (χ4n) is 6.09. The van der Waals surface area contributed by atoms with E-state index in [1.165, 1.54) is 16.9 Å². The normalized spacial score (nSPS) is 19.1. The van der Waals surface area contributed by atoms with Crippen molar-refractivity contribution in [1.82, 2.24) is 25.1 Å². The molecule has 2 N–H and O–H groups in total. The summed E-state index contributed by atoms with van der Waals surface area (Å²) in [6, 6.07) is 5.62. The number of pyridine rings is 2. The van der Waals surface area contributed by atoms with Crippen LogP contribution in [0.5, 0.6) is 0 Å². The number of hydrogen-bond acceptors (Lipinski definition) is 5. The first kappa shape index (κ1) is 27.4. The predicted octanol–water partition coefficient (Wildman–Crippen LogP) is 5.31. The quantitative estimate of drug-likeness (QED) is 0.324. The molecule has 11 heteroatoms. The van der Waals surface area contributed by atoms with E-state index in [0.717, 1.165) is 31.2 Å². The molecule has 0 aliphatic heterocycles. The van der Waals surface area contributed by atoms with Crippen LogP contribution in [0.1, 0.15) is 60.3 Å². The summed E-state index contributed by atoms with van der Waals surface area (Å²) in [5.41, 5.74) is 2.69. The molecule has 3 fully saturated rings. The maximum atomic E-state index is 15.1. The van der Waals surface area contributed by atoms with E-state index < -0.39 is 29.7 Å². The lowest BCUT2D eigenvalue weighted by Crippen LogP contribution is -2.50. The van der Waals surface area contributed by atoms with Gasteiger partial charge in [-0.15, -0.1) is 0 Å². The minimum absolute atomic E-state index is 0.0502. The fourth-order valence-corrected chi connectivity index (χ4v) is 6.09. The Morgan fingerprint density at radius 2 is 1.78 bits per heavy atom. The van der Waals surface area contributed by atoms with Crippen LogP contribution in [0, 0.1) is 43.5 Å². The van der Waals surface area contributed by atoms with Gasteiger partial charge in [0.25, 0.3) is 5.91 Å². The number of aromatic nitrogens is 4. The number of aryl methyl sites for hydroxylation is 2. The molecule has 6 rings (SSSR count). The SMILES string of the molecule is Cc1cnc(C)c(-c2ccc(NC(=O)[C@@H](NC(=O)c3ccnn3CC3CC(F)(F)C3)C(C3CC3)C3CC3)nc2F)c1. The van der Waals surface area contributed by atoms with Crippen molar-refractivity contribution in [2.24, 2.45) is 23.7 Å². The van der Waals surface area contributed by atoms with Gasteiger partial charge in [-0.1, -0.05) is 0 Å². The minimum Gasteiger partial charge on any atom is -0.339 e. The summed E-state index contributed by atoms with van der Waals surface area (Å²) in [6.45, 7) is 3.88. The van der Waals surface area contributed by atoms with Gasteiger partial charge in [0.15, 0.2) is 0 Å². The Kier molecular flexibility index (Phi) is 7.07. The molecule has 0 bridgehead atoms. The molecule has 0 saturated heterocycles. The highest BCUT2D eigenvalue weighted by molar-refractivity contribution is 6.00. The lowest BCUT2D eigenvalue weighted by molar-refractivity contribution is -0.119. The molecular weight excluding hydrogens is 533 g/mol. The molecule has 3 aliphatic carbocycles. The van der Waals surface area contributed by atoms with Crippen LogP contribution in [0.15, 0.2) is 36.7 Å². The van der Waals surface area contributed by atoms with E-state index >= 15 is 4.39 Å². The van der Waals surface area contributed by atoms with Crippen molar-refractivity contribution in [3.8, 4) is 11.1 Å². The lowest BCUT2D eigenvalue weighted by atomic mass is 9.81. The zero-order valence-electron chi connectivity index (χ0n) is 23.0. The van der Waals surface area contributed by atoms with Gasteiger partial charge < -0.3 is 10.6 Å². The van der Waals surface area contributed by atoms with Crippen molar-refractivity contribution in [3.05, 3.63) is 59.6 Å². The molecule has 3 heterocycles. The first-order valence-electron chi connectivity index (χ1n) is 14.2. The zero-order valence-corrected chi connectivity index (χ0v) is 23.0. The second-order valence-corrected chi connectivity index (χ2v) is 11.9. The number of rotatable bonds is 10. The predicted molar refractivity (Wildman–Crippen MR) is 146 cm³/mol. The van der Waals surface area contributed by atoms with E-state index in [0.29, 0.717) is 23.1 Å². The molecule has 41 heavy (non-hydrogen) atoms. The number of carbonyl (C=O) groups excluding carboxylic acids is 2. The number of amides is 2. The van der Waals surface area contributed by atoms with Crippen LogP contribution in [-0.4, -0.2) is 43.5 Å². The van der Waals surface area contributed by atoms with Crippen molar-refractivity contribution in [2.45, 2.75) is 70.9 Å². The van der Waals surface area contributed by atoms with Gasteiger partial charge >= 0.3 is 0 Å². The van der Waals surface area contributed by atoms with Crippen LogP contribution in [0.25, 0.3) is 11.1 Å². The topological polar surface area (TPSA) is 102 Å². The van der Waals surface area contributed by atoms with E-state index in [1.54, 1.807) is 25.3 Å². The Morgan fingerprint density at radius 3 is 2.41 bits per heavy atom. The van der Waals surface area contributed by atoms with Crippen LogP contribution < -0.4 is 10.6 Å². The average Bonchev–Trinajstić information content (AvgIpc) is 3.84. The highest BCUT2D eigenvalue weighted by Crippen LogP contribution is 2.51. The third-order valence-electron chi connectivity index (χ3n) is 8.46. The third kappa shape index (κ3) is 5.99. The van der Waals surface area contributed by atoms with Crippen LogP contribution in [-0.2, 0) is 11.3 Å². The Morgan fingerprint density at radius 1 is 1.07 bits per heavy atom. The van der Waals surface area contributed by atoms with Gasteiger partial charge in [0, 0.05) is 48.6 Å². The minimum atomic E-state index is -2.66. The molecule has 0 spiro atoms. The average molecular weight is 567 g/mol. The van der Waals surface area contributed by atoms with E-state index in [-0.39, 0.29) is 48.3 Å². The first-order valence-corrected chi connectivity index (χ1v) is 14.2. The van der Waals surface area contributed by atoms with Crippen LogP contribution in [0.4, 0.5) is 19.0 Å². The fraction of sp³-hybridized carbons (Fsp3) is 0.500. The summed E-state index contributed by atoms with van der Waals surface area (Å²) in [4.78, 5) is 35.4. The van der Waals surface area contributed by atoms with Gasteiger partial charge in [-0.05, 0) is 93.0 Å². The Hall–Kier alpha value is -3.76. The van der Waals surface area contributed by atoms with Gasteiger partial charge in [-0.2, -0.15) is 9.49 Å². The molecule has 0 aromatic carbocycles. The largest absolute Gasteiger partial charge is 0.339 e. The summed E-state index contributed by atoms with van der Waals surface area (Å²) >= 11 is 0. The smallest absolute Gasteiger partial charge is 0.270 e. The zero-order chi connectivity index (χ0) is 28.9. The van der Waals surface area contributed by atoms with Crippen molar-refractivity contribution in [3.63, 3.8) is 0 Å². The van der Waals surface area contributed by atoms with Gasteiger partial charge in [0.2, 0.25) is 17.8 Å². The maximum Gasteiger partial charge on any atom is 0.270 e. The molecule has 3 saturated carbocycles. The van der Waals surface area contributed by atoms with Crippen LogP contribution >= 0.6 is 0 Å². The highest BCUT2D eigenvalue weighted by atomic mass is 19.3. The molecule has 3 aromatic rings. The summed E-state index contributed by atoms with van der Waals surface area (Å²) < 4.78 is 43.3. The number of alkyl halides is 2. The van der Waals surface area contributed by atoms with Crippen molar-refractivity contribution >= 4 is 17.6 Å². The van der Waals surface area contributed by atoms with E-state index in [9.17, 15) is 18.4 Å². The maximum absolute atomic E-state index is 15.1. The first-order chi connectivity index (χ1) is 19.6.